The Morgan fingerprint density at radius 2 is 1.70 bits per heavy atom. The van der Waals surface area contributed by atoms with Crippen LogP contribution in [0.15, 0.2) is 17.7 Å². The van der Waals surface area contributed by atoms with Crippen molar-refractivity contribution in [3.63, 3.8) is 0 Å². The van der Waals surface area contributed by atoms with E-state index in [2.05, 4.69) is 9.68 Å². The molecule has 33 heavy (non-hydrogen) atoms. The SMILES string of the molecule is CC(C)(C)c1cc2c(cc1Cl)C=C(C(=O)OC(CO[N+](=O)O)CO[N+](=O)O)C(C(F)(F)F)O2. The number of nitrogens with zero attached hydrogens (tertiary/aromatic N) is 2. The van der Waals surface area contributed by atoms with Gasteiger partial charge in [-0.1, -0.05) is 32.4 Å². The van der Waals surface area contributed by atoms with Crippen molar-refractivity contribution in [1.82, 2.24) is 0 Å². The summed E-state index contributed by atoms with van der Waals surface area (Å²) < 4.78 is 51.0. The molecule has 2 N–H and O–H groups in total. The van der Waals surface area contributed by atoms with E-state index < -0.39 is 58.7 Å². The highest BCUT2D eigenvalue weighted by molar-refractivity contribution is 6.31. The first-order valence-electron chi connectivity index (χ1n) is 9.17. The molecular formula is C18H20ClF3N2O9+2. The third-order valence-electron chi connectivity index (χ3n) is 4.29. The van der Waals surface area contributed by atoms with Gasteiger partial charge in [0.05, 0.1) is 5.57 Å². The summed E-state index contributed by atoms with van der Waals surface area (Å²) in [7, 11) is 0. The number of rotatable bonds is 8. The molecule has 0 saturated heterocycles. The molecule has 0 aliphatic carbocycles. The van der Waals surface area contributed by atoms with Crippen molar-refractivity contribution in [2.75, 3.05) is 13.2 Å². The fourth-order valence-corrected chi connectivity index (χ4v) is 3.29. The number of carbonyl (C=O) groups excluding carboxylic acids is 1. The van der Waals surface area contributed by atoms with Crippen LogP contribution in [0.5, 0.6) is 5.75 Å². The molecule has 1 aromatic rings. The monoisotopic (exact) mass is 500 g/mol. The lowest BCUT2D eigenvalue weighted by molar-refractivity contribution is -0.981. The summed E-state index contributed by atoms with van der Waals surface area (Å²) in [5, 5.41) is 15.2. The van der Waals surface area contributed by atoms with Crippen LogP contribution in [0, 0.1) is 9.81 Å². The molecular weight excluding hydrogens is 481 g/mol. The van der Waals surface area contributed by atoms with Gasteiger partial charge in [0.2, 0.25) is 19.3 Å². The molecule has 0 radical (unpaired) electrons. The molecule has 0 bridgehead atoms. The number of alkyl halides is 3. The van der Waals surface area contributed by atoms with Crippen molar-refractivity contribution in [3.8, 4) is 5.75 Å². The number of benzene rings is 1. The Hall–Kier alpha value is -3.29. The number of ether oxygens (including phenoxy) is 2. The molecule has 182 valence electrons. The van der Waals surface area contributed by atoms with Gasteiger partial charge >= 0.3 is 22.3 Å². The first-order chi connectivity index (χ1) is 15.1. The molecule has 2 rings (SSSR count). The molecule has 15 heteroatoms. The van der Waals surface area contributed by atoms with Gasteiger partial charge in [-0.3, -0.25) is 0 Å². The van der Waals surface area contributed by atoms with Gasteiger partial charge in [-0.05, 0) is 29.2 Å². The molecule has 1 aliphatic heterocycles. The zero-order valence-corrected chi connectivity index (χ0v) is 18.2. The van der Waals surface area contributed by atoms with Gasteiger partial charge in [-0.25, -0.2) is 15.2 Å². The highest BCUT2D eigenvalue weighted by Gasteiger charge is 2.49. The smallest absolute Gasteiger partial charge is 0.475 e. The van der Waals surface area contributed by atoms with Crippen LogP contribution in [0.2, 0.25) is 5.02 Å². The van der Waals surface area contributed by atoms with Crippen molar-refractivity contribution in [1.29, 1.82) is 0 Å². The van der Waals surface area contributed by atoms with E-state index in [1.165, 1.54) is 12.1 Å². The normalized spacial score (nSPS) is 15.8. The molecule has 0 saturated carbocycles. The molecule has 1 aromatic carbocycles. The molecule has 0 amide bonds. The van der Waals surface area contributed by atoms with Crippen LogP contribution < -0.4 is 4.74 Å². The third kappa shape index (κ3) is 6.84. The fraction of sp³-hybridized carbons (Fsp3) is 0.500. The third-order valence-corrected chi connectivity index (χ3v) is 4.61. The van der Waals surface area contributed by atoms with Gasteiger partial charge in [-0.15, -0.1) is 0 Å². The van der Waals surface area contributed by atoms with E-state index in [-0.39, 0.29) is 16.3 Å². The predicted octanol–water partition coefficient (Wildman–Crippen LogP) is 3.46. The van der Waals surface area contributed by atoms with Crippen molar-refractivity contribution in [3.05, 3.63) is 43.7 Å². The van der Waals surface area contributed by atoms with Gasteiger partial charge < -0.3 is 9.47 Å². The Morgan fingerprint density at radius 3 is 2.15 bits per heavy atom. The van der Waals surface area contributed by atoms with E-state index >= 15 is 0 Å². The van der Waals surface area contributed by atoms with Gasteiger partial charge in [-0.2, -0.15) is 22.8 Å². The van der Waals surface area contributed by atoms with Crippen LogP contribution >= 0.6 is 11.6 Å². The number of carbonyl (C=O) groups is 1. The fourth-order valence-electron chi connectivity index (χ4n) is 2.83. The average molecular weight is 501 g/mol. The standard InChI is InChI=1S/C18H20ClF3N2O9/c1-17(2,3)12-6-14-9(5-13(12)19)4-11(15(33-14)18(20,21)22)16(25)32-10(7-30-23(26)27)8-31-24(28)29/h4-6,10,15H,7-8H2,1-3H3,(H,26,27)(H,28,29)/q+2. The topological polar surface area (TPSA) is 135 Å². The summed E-state index contributed by atoms with van der Waals surface area (Å²) in [6.07, 6.45) is -8.54. The number of hydrogen-bond donors (Lipinski definition) is 2. The maximum absolute atomic E-state index is 13.7. The van der Waals surface area contributed by atoms with E-state index in [9.17, 15) is 27.8 Å². The summed E-state index contributed by atoms with van der Waals surface area (Å²) in [6, 6.07) is 2.69. The minimum absolute atomic E-state index is 0.0756. The molecule has 1 aliphatic rings. The van der Waals surface area contributed by atoms with E-state index in [0.29, 0.717) is 5.56 Å². The Bertz CT molecular complexity index is 958. The lowest BCUT2D eigenvalue weighted by Crippen LogP contribution is -2.42. The molecule has 1 atom stereocenters. The molecule has 1 unspecified atom stereocenters. The van der Waals surface area contributed by atoms with Crippen LogP contribution in [0.1, 0.15) is 31.9 Å². The van der Waals surface area contributed by atoms with Gasteiger partial charge in [0.25, 0.3) is 0 Å². The van der Waals surface area contributed by atoms with Crippen molar-refractivity contribution in [2.24, 2.45) is 0 Å². The van der Waals surface area contributed by atoms with Crippen LogP contribution in [-0.2, 0) is 24.6 Å². The zero-order valence-electron chi connectivity index (χ0n) is 17.5. The van der Waals surface area contributed by atoms with Crippen molar-refractivity contribution >= 4 is 23.6 Å². The second kappa shape index (κ2) is 9.68. The van der Waals surface area contributed by atoms with Gasteiger partial charge in [0, 0.05) is 10.6 Å². The second-order valence-electron chi connectivity index (χ2n) is 7.85. The number of fused-ring (bicyclic) bond motifs is 1. The van der Waals surface area contributed by atoms with E-state index in [1.54, 1.807) is 20.8 Å². The highest BCUT2D eigenvalue weighted by Crippen LogP contribution is 2.42. The minimum atomic E-state index is -5.03. The maximum atomic E-state index is 13.7. The second-order valence-corrected chi connectivity index (χ2v) is 8.26. The number of hydrogen-bond acceptors (Lipinski definition) is 7. The zero-order chi connectivity index (χ0) is 25.1. The minimum Gasteiger partial charge on any atom is -0.475 e. The summed E-state index contributed by atoms with van der Waals surface area (Å²) in [5.41, 5.74) is -0.879. The Labute approximate surface area is 189 Å². The van der Waals surface area contributed by atoms with E-state index in [4.69, 9.17) is 31.5 Å². The Balaban J connectivity index is 2.41. The summed E-state index contributed by atoms with van der Waals surface area (Å²) >= 11 is 6.25. The summed E-state index contributed by atoms with van der Waals surface area (Å²) in [4.78, 5) is 41.7. The average Bonchev–Trinajstić information content (AvgIpc) is 2.66. The molecule has 11 nitrogen and oxygen atoms in total. The van der Waals surface area contributed by atoms with Crippen molar-refractivity contribution in [2.45, 2.75) is 44.6 Å². The van der Waals surface area contributed by atoms with Gasteiger partial charge in [0.15, 0.2) is 6.10 Å². The summed E-state index contributed by atoms with van der Waals surface area (Å²) in [6.45, 7) is 3.55. The van der Waals surface area contributed by atoms with Crippen LogP contribution in [-0.4, -0.2) is 58.2 Å². The molecule has 0 spiro atoms. The van der Waals surface area contributed by atoms with E-state index in [0.717, 1.165) is 6.08 Å². The predicted molar refractivity (Wildman–Crippen MR) is 101 cm³/mol. The van der Waals surface area contributed by atoms with Crippen LogP contribution in [0.25, 0.3) is 6.08 Å². The largest absolute Gasteiger partial charge is 0.475 e. The Morgan fingerprint density at radius 1 is 1.15 bits per heavy atom. The molecule has 1 heterocycles. The lowest BCUT2D eigenvalue weighted by atomic mass is 9.85. The number of halogens is 4. The van der Waals surface area contributed by atoms with Crippen LogP contribution in [0.3, 0.4) is 0 Å². The summed E-state index contributed by atoms with van der Waals surface area (Å²) in [5.74, 6) is -1.71. The molecule has 0 aromatic heterocycles. The number of esters is 1. The lowest BCUT2D eigenvalue weighted by Gasteiger charge is -2.30. The maximum Gasteiger partial charge on any atom is 0.475 e. The van der Waals surface area contributed by atoms with E-state index in [1.807, 2.05) is 0 Å². The first-order valence-corrected chi connectivity index (χ1v) is 9.55. The Kier molecular flexibility index (Phi) is 7.62. The highest BCUT2D eigenvalue weighted by atomic mass is 35.5. The first kappa shape index (κ1) is 26.0. The van der Waals surface area contributed by atoms with Crippen LogP contribution in [0.4, 0.5) is 13.2 Å². The van der Waals surface area contributed by atoms with Crippen molar-refractivity contribution < 1.29 is 57.7 Å². The quantitative estimate of drug-likeness (QED) is 0.406. The molecule has 0 fully saturated rings. The van der Waals surface area contributed by atoms with Gasteiger partial charge in [0.1, 0.15) is 15.6 Å².